The minimum Gasteiger partial charge on any atom is -0.490 e. The van der Waals surface area contributed by atoms with Crippen LogP contribution in [0.2, 0.25) is 5.02 Å². The van der Waals surface area contributed by atoms with Crippen LogP contribution in [-0.2, 0) is 4.79 Å². The Bertz CT molecular complexity index is 863. The van der Waals surface area contributed by atoms with Crippen LogP contribution in [0.1, 0.15) is 36.3 Å². The summed E-state index contributed by atoms with van der Waals surface area (Å²) in [6.45, 7) is 5.04. The first-order valence-electron chi connectivity index (χ1n) is 9.30. The number of carboxylic acid groups (broad SMARTS) is 1. The summed E-state index contributed by atoms with van der Waals surface area (Å²) in [5, 5.41) is 12.7. The van der Waals surface area contributed by atoms with Crippen molar-refractivity contribution in [2.24, 2.45) is 0 Å². The number of aliphatic carboxylic acids is 1. The molecule has 0 radical (unpaired) electrons. The third-order valence-corrected chi connectivity index (χ3v) is 6.60. The van der Waals surface area contributed by atoms with Gasteiger partial charge >= 0.3 is 5.97 Å². The SMILES string of the molecule is CC(C)c1ccc(OCCOc2c(Br)cc(Cl)cc2C2NC(C(=O)O)CS2)cc1. The highest BCUT2D eigenvalue weighted by molar-refractivity contribution is 9.10. The lowest BCUT2D eigenvalue weighted by Gasteiger charge is -2.19. The average molecular weight is 501 g/mol. The molecule has 2 N–H and O–H groups in total. The third kappa shape index (κ3) is 5.81. The highest BCUT2D eigenvalue weighted by Crippen LogP contribution is 2.42. The number of halogens is 2. The smallest absolute Gasteiger partial charge is 0.321 e. The van der Waals surface area contributed by atoms with Gasteiger partial charge in [-0.05, 0) is 51.7 Å². The summed E-state index contributed by atoms with van der Waals surface area (Å²) in [6.07, 6.45) is 0. The molecule has 2 atom stereocenters. The van der Waals surface area contributed by atoms with E-state index in [0.717, 1.165) is 15.8 Å². The molecule has 8 heteroatoms. The first-order valence-corrected chi connectivity index (χ1v) is 11.5. The molecular formula is C21H23BrClNO4S. The number of nitrogens with one attached hydrogen (secondary N) is 1. The van der Waals surface area contributed by atoms with Gasteiger partial charge < -0.3 is 14.6 Å². The number of hydrogen-bond donors (Lipinski definition) is 2. The molecule has 0 bridgehead atoms. The lowest BCUT2D eigenvalue weighted by Crippen LogP contribution is -2.33. The summed E-state index contributed by atoms with van der Waals surface area (Å²) < 4.78 is 12.5. The molecule has 29 heavy (non-hydrogen) atoms. The Kier molecular flexibility index (Phi) is 7.73. The van der Waals surface area contributed by atoms with Gasteiger partial charge in [-0.25, -0.2) is 0 Å². The van der Waals surface area contributed by atoms with E-state index in [9.17, 15) is 9.90 Å². The van der Waals surface area contributed by atoms with E-state index in [2.05, 4.69) is 47.2 Å². The monoisotopic (exact) mass is 499 g/mol. The minimum absolute atomic E-state index is 0.203. The van der Waals surface area contributed by atoms with Gasteiger partial charge in [0.25, 0.3) is 0 Å². The molecule has 0 aliphatic carbocycles. The van der Waals surface area contributed by atoms with E-state index in [-0.39, 0.29) is 5.37 Å². The normalized spacial score (nSPS) is 18.8. The van der Waals surface area contributed by atoms with Gasteiger partial charge in [0.05, 0.1) is 9.85 Å². The van der Waals surface area contributed by atoms with Crippen LogP contribution in [0.15, 0.2) is 40.9 Å². The molecule has 5 nitrogen and oxygen atoms in total. The summed E-state index contributed by atoms with van der Waals surface area (Å²) in [5.41, 5.74) is 2.09. The van der Waals surface area contributed by atoms with E-state index in [1.54, 1.807) is 6.07 Å². The molecule has 1 saturated heterocycles. The Morgan fingerprint density at radius 1 is 1.28 bits per heavy atom. The summed E-state index contributed by atoms with van der Waals surface area (Å²) >= 11 is 11.2. The highest BCUT2D eigenvalue weighted by Gasteiger charge is 2.32. The number of thioether (sulfide) groups is 1. The van der Waals surface area contributed by atoms with Crippen LogP contribution in [-0.4, -0.2) is 36.1 Å². The van der Waals surface area contributed by atoms with E-state index in [1.165, 1.54) is 17.3 Å². The van der Waals surface area contributed by atoms with E-state index < -0.39 is 12.0 Å². The zero-order valence-corrected chi connectivity index (χ0v) is 19.3. The second kappa shape index (κ2) is 10.1. The van der Waals surface area contributed by atoms with Gasteiger partial charge in [0.1, 0.15) is 30.8 Å². The van der Waals surface area contributed by atoms with E-state index in [4.69, 9.17) is 21.1 Å². The van der Waals surface area contributed by atoms with E-state index in [0.29, 0.717) is 35.7 Å². The molecule has 0 amide bonds. The predicted octanol–water partition coefficient (Wildman–Crippen LogP) is 5.47. The largest absolute Gasteiger partial charge is 0.490 e. The number of rotatable bonds is 8. The van der Waals surface area contributed by atoms with Crippen molar-refractivity contribution < 1.29 is 19.4 Å². The van der Waals surface area contributed by atoms with Crippen molar-refractivity contribution in [1.82, 2.24) is 5.32 Å². The topological polar surface area (TPSA) is 67.8 Å². The Balaban J connectivity index is 1.62. The van der Waals surface area contributed by atoms with Crippen LogP contribution < -0.4 is 14.8 Å². The zero-order valence-electron chi connectivity index (χ0n) is 16.2. The maximum absolute atomic E-state index is 11.2. The second-order valence-electron chi connectivity index (χ2n) is 7.00. The van der Waals surface area contributed by atoms with Crippen molar-refractivity contribution in [3.8, 4) is 11.5 Å². The van der Waals surface area contributed by atoms with Gasteiger partial charge in [0.2, 0.25) is 0 Å². The molecule has 1 aliphatic heterocycles. The quantitative estimate of drug-likeness (QED) is 0.468. The molecular weight excluding hydrogens is 478 g/mol. The van der Waals surface area contributed by atoms with E-state index >= 15 is 0 Å². The molecule has 1 heterocycles. The van der Waals surface area contributed by atoms with E-state index in [1.807, 2.05) is 18.2 Å². The molecule has 2 aromatic carbocycles. The standard InChI is InChI=1S/C21H23BrClNO4S/c1-12(2)13-3-5-15(6-4-13)27-7-8-28-19-16(9-14(23)10-17(19)22)20-24-18(11-29-20)21(25)26/h3-6,9-10,12,18,20,24H,7-8,11H2,1-2H3,(H,25,26). The van der Waals surface area contributed by atoms with Gasteiger partial charge in [-0.15, -0.1) is 11.8 Å². The number of hydrogen-bond acceptors (Lipinski definition) is 5. The van der Waals surface area contributed by atoms with Crippen LogP contribution in [0, 0.1) is 0 Å². The molecule has 1 fully saturated rings. The van der Waals surface area contributed by atoms with Gasteiger partial charge in [0.15, 0.2) is 0 Å². The molecule has 0 saturated carbocycles. The van der Waals surface area contributed by atoms with Crippen LogP contribution in [0.25, 0.3) is 0 Å². The first-order chi connectivity index (χ1) is 13.8. The molecule has 1 aliphatic rings. The number of carbonyl (C=O) groups is 1. The number of benzene rings is 2. The Morgan fingerprint density at radius 2 is 1.97 bits per heavy atom. The van der Waals surface area contributed by atoms with Crippen molar-refractivity contribution >= 4 is 45.3 Å². The molecule has 0 aromatic heterocycles. The van der Waals surface area contributed by atoms with Crippen molar-refractivity contribution in [3.05, 3.63) is 57.0 Å². The average Bonchev–Trinajstić information content (AvgIpc) is 3.17. The lowest BCUT2D eigenvalue weighted by atomic mass is 10.0. The third-order valence-electron chi connectivity index (χ3n) is 4.55. The minimum atomic E-state index is -0.861. The summed E-state index contributed by atoms with van der Waals surface area (Å²) in [6, 6.07) is 11.0. The number of ether oxygens (including phenoxy) is 2. The molecule has 0 spiro atoms. The van der Waals surface area contributed by atoms with Gasteiger partial charge in [0, 0.05) is 16.3 Å². The lowest BCUT2D eigenvalue weighted by molar-refractivity contribution is -0.138. The highest BCUT2D eigenvalue weighted by atomic mass is 79.9. The Morgan fingerprint density at radius 3 is 2.59 bits per heavy atom. The molecule has 3 rings (SSSR count). The van der Waals surface area contributed by atoms with Crippen LogP contribution in [0.5, 0.6) is 11.5 Å². The predicted molar refractivity (Wildman–Crippen MR) is 120 cm³/mol. The van der Waals surface area contributed by atoms with Crippen molar-refractivity contribution in [2.75, 3.05) is 19.0 Å². The Hall–Kier alpha value is -1.41. The van der Waals surface area contributed by atoms with Gasteiger partial charge in [-0.2, -0.15) is 0 Å². The van der Waals surface area contributed by atoms with Crippen LogP contribution >= 0.6 is 39.3 Å². The van der Waals surface area contributed by atoms with Crippen molar-refractivity contribution in [3.63, 3.8) is 0 Å². The maximum atomic E-state index is 11.2. The van der Waals surface area contributed by atoms with Crippen molar-refractivity contribution in [1.29, 1.82) is 0 Å². The summed E-state index contributed by atoms with van der Waals surface area (Å²) in [5.74, 6) is 1.55. The fourth-order valence-electron chi connectivity index (χ4n) is 2.97. The summed E-state index contributed by atoms with van der Waals surface area (Å²) in [7, 11) is 0. The molecule has 156 valence electrons. The fourth-order valence-corrected chi connectivity index (χ4v) is 5.16. The molecule has 2 unspecified atom stereocenters. The van der Waals surface area contributed by atoms with Gasteiger partial charge in [-0.1, -0.05) is 37.6 Å². The van der Waals surface area contributed by atoms with Gasteiger partial charge in [-0.3, -0.25) is 10.1 Å². The second-order valence-corrected chi connectivity index (χ2v) is 9.43. The summed E-state index contributed by atoms with van der Waals surface area (Å²) in [4.78, 5) is 11.2. The molecule has 2 aromatic rings. The van der Waals surface area contributed by atoms with Crippen LogP contribution in [0.3, 0.4) is 0 Å². The zero-order chi connectivity index (χ0) is 21.0. The number of carboxylic acids is 1. The fraction of sp³-hybridized carbons (Fsp3) is 0.381. The Labute approximate surface area is 188 Å². The van der Waals surface area contributed by atoms with Crippen LogP contribution in [0.4, 0.5) is 0 Å². The first kappa shape index (κ1) is 22.3. The van der Waals surface area contributed by atoms with Crippen molar-refractivity contribution in [2.45, 2.75) is 31.2 Å². The maximum Gasteiger partial charge on any atom is 0.321 e.